The fourth-order valence-electron chi connectivity index (χ4n) is 3.73. The molecule has 1 aliphatic heterocycles. The zero-order valence-corrected chi connectivity index (χ0v) is 18.3. The van der Waals surface area contributed by atoms with Gasteiger partial charge in [0.2, 0.25) is 17.7 Å². The summed E-state index contributed by atoms with van der Waals surface area (Å²) in [4.78, 5) is 40.9. The molecule has 1 saturated carbocycles. The van der Waals surface area contributed by atoms with Gasteiger partial charge in [0.05, 0.1) is 5.69 Å². The lowest BCUT2D eigenvalue weighted by atomic mass is 9.92. The van der Waals surface area contributed by atoms with Crippen molar-refractivity contribution in [2.45, 2.75) is 19.3 Å². The summed E-state index contributed by atoms with van der Waals surface area (Å²) in [7, 11) is 0. The third kappa shape index (κ3) is 4.96. The number of pyridine rings is 1. The van der Waals surface area contributed by atoms with Gasteiger partial charge in [0, 0.05) is 36.0 Å². The van der Waals surface area contributed by atoms with Crippen molar-refractivity contribution in [2.24, 2.45) is 11.8 Å². The summed E-state index contributed by atoms with van der Waals surface area (Å²) in [6.45, 7) is 0. The van der Waals surface area contributed by atoms with E-state index >= 15 is 0 Å². The summed E-state index contributed by atoms with van der Waals surface area (Å²) in [5.41, 5.74) is 0.970. The Hall–Kier alpha value is -4.34. The van der Waals surface area contributed by atoms with Gasteiger partial charge in [-0.3, -0.25) is 14.4 Å². The third-order valence-corrected chi connectivity index (χ3v) is 5.77. The molecule has 2 aromatic carbocycles. The maximum absolute atomic E-state index is 14.7. The van der Waals surface area contributed by atoms with E-state index in [9.17, 15) is 23.2 Å². The van der Waals surface area contributed by atoms with E-state index in [1.807, 2.05) is 0 Å². The van der Waals surface area contributed by atoms with E-state index in [1.54, 1.807) is 24.3 Å². The van der Waals surface area contributed by atoms with Crippen molar-refractivity contribution in [3.05, 3.63) is 71.9 Å². The summed E-state index contributed by atoms with van der Waals surface area (Å²) in [6.07, 6.45) is 3.16. The molecule has 10 heteroatoms. The van der Waals surface area contributed by atoms with E-state index in [1.165, 1.54) is 18.3 Å². The van der Waals surface area contributed by atoms with Gasteiger partial charge in [0.25, 0.3) is 0 Å². The predicted octanol–water partition coefficient (Wildman–Crippen LogP) is 4.25. The molecule has 1 aliphatic carbocycles. The van der Waals surface area contributed by atoms with E-state index in [-0.39, 0.29) is 29.8 Å². The van der Waals surface area contributed by atoms with Gasteiger partial charge >= 0.3 is 0 Å². The van der Waals surface area contributed by atoms with Crippen LogP contribution in [0.2, 0.25) is 0 Å². The fourth-order valence-corrected chi connectivity index (χ4v) is 3.73. The number of anilines is 3. The number of para-hydroxylation sites is 1. The first-order valence-electron chi connectivity index (χ1n) is 11.0. The molecule has 0 spiro atoms. The van der Waals surface area contributed by atoms with E-state index < -0.39 is 40.8 Å². The van der Waals surface area contributed by atoms with Crippen LogP contribution in [0.15, 0.2) is 54.7 Å². The number of nitrogens with zero attached hydrogens (tertiary/aromatic N) is 1. The number of rotatable bonds is 6. The molecule has 3 N–H and O–H groups in total. The lowest BCUT2D eigenvalue weighted by Gasteiger charge is -2.24. The van der Waals surface area contributed by atoms with Gasteiger partial charge in [-0.25, -0.2) is 13.8 Å². The average molecular weight is 478 g/mol. The molecule has 3 aromatic rings. The van der Waals surface area contributed by atoms with Crippen LogP contribution in [0, 0.1) is 23.5 Å². The molecule has 1 atom stereocenters. The van der Waals surface area contributed by atoms with Crippen molar-refractivity contribution in [1.82, 2.24) is 4.98 Å². The Morgan fingerprint density at radius 2 is 1.80 bits per heavy atom. The quantitative estimate of drug-likeness (QED) is 0.459. The van der Waals surface area contributed by atoms with Crippen LogP contribution in [0.1, 0.15) is 18.4 Å². The van der Waals surface area contributed by atoms with Crippen LogP contribution in [-0.2, 0) is 20.8 Å². The topological polar surface area (TPSA) is 109 Å². The van der Waals surface area contributed by atoms with Crippen LogP contribution in [0.4, 0.5) is 26.0 Å². The monoisotopic (exact) mass is 478 g/mol. The number of aromatic nitrogens is 1. The van der Waals surface area contributed by atoms with E-state index in [0.717, 1.165) is 30.5 Å². The Morgan fingerprint density at radius 3 is 2.60 bits per heavy atom. The lowest BCUT2D eigenvalue weighted by Crippen LogP contribution is -2.38. The van der Waals surface area contributed by atoms with Crippen LogP contribution >= 0.6 is 0 Å². The molecule has 1 fully saturated rings. The summed E-state index contributed by atoms with van der Waals surface area (Å²) < 4.78 is 34.8. The third-order valence-electron chi connectivity index (χ3n) is 5.77. The highest BCUT2D eigenvalue weighted by atomic mass is 19.1. The lowest BCUT2D eigenvalue weighted by molar-refractivity contribution is -0.129. The molecule has 0 saturated heterocycles. The van der Waals surface area contributed by atoms with Gasteiger partial charge in [0.1, 0.15) is 17.5 Å². The number of hydrogen-bond acceptors (Lipinski definition) is 5. The van der Waals surface area contributed by atoms with Gasteiger partial charge in [-0.15, -0.1) is 0 Å². The smallest absolute Gasteiger partial charge is 0.237 e. The van der Waals surface area contributed by atoms with Crippen LogP contribution in [0.25, 0.3) is 0 Å². The van der Waals surface area contributed by atoms with Crippen molar-refractivity contribution in [2.75, 3.05) is 16.0 Å². The van der Waals surface area contributed by atoms with Crippen LogP contribution in [0.5, 0.6) is 11.5 Å². The Kier molecular flexibility index (Phi) is 5.86. The first-order valence-corrected chi connectivity index (χ1v) is 11.0. The number of benzene rings is 2. The van der Waals surface area contributed by atoms with E-state index in [4.69, 9.17) is 4.74 Å². The second-order valence-corrected chi connectivity index (χ2v) is 8.40. The number of nitrogens with one attached hydrogen (secondary N) is 3. The summed E-state index contributed by atoms with van der Waals surface area (Å²) >= 11 is 0. The molecule has 1 unspecified atom stereocenters. The standard InChI is InChI=1S/C25H20F2N4O4/c26-17-12-21(35-15-7-8-28-22(10-15)31-23(32)13-5-6-13)18(27)11-20(17)30-25(34)16-9-14-3-1-2-4-19(14)29-24(16)33/h1-4,7-8,10-13,16H,5-6,9H2,(H,29,33)(H,30,34)(H,28,31,32). The first-order chi connectivity index (χ1) is 16.9. The van der Waals surface area contributed by atoms with Crippen LogP contribution < -0.4 is 20.7 Å². The molecule has 0 radical (unpaired) electrons. The number of ether oxygens (including phenoxy) is 1. The molecule has 2 heterocycles. The van der Waals surface area contributed by atoms with Gasteiger partial charge in [-0.05, 0) is 37.0 Å². The van der Waals surface area contributed by atoms with Gasteiger partial charge in [0.15, 0.2) is 17.4 Å². The van der Waals surface area contributed by atoms with Gasteiger partial charge in [-0.1, -0.05) is 18.2 Å². The maximum atomic E-state index is 14.7. The number of fused-ring (bicyclic) bond motifs is 1. The Labute approximate surface area is 198 Å². The molecule has 2 aliphatic rings. The Bertz CT molecular complexity index is 1340. The molecular weight excluding hydrogens is 458 g/mol. The van der Waals surface area contributed by atoms with E-state index in [2.05, 4.69) is 20.9 Å². The molecular formula is C25H20F2N4O4. The highest BCUT2D eigenvalue weighted by Gasteiger charge is 2.33. The number of carbonyl (C=O) groups excluding carboxylic acids is 3. The van der Waals surface area contributed by atoms with Crippen molar-refractivity contribution in [1.29, 1.82) is 0 Å². The molecule has 35 heavy (non-hydrogen) atoms. The van der Waals surface area contributed by atoms with Gasteiger partial charge < -0.3 is 20.7 Å². The maximum Gasteiger partial charge on any atom is 0.237 e. The zero-order chi connectivity index (χ0) is 24.5. The molecule has 178 valence electrons. The normalized spacial score (nSPS) is 16.6. The minimum Gasteiger partial charge on any atom is -0.454 e. The Morgan fingerprint density at radius 1 is 1.00 bits per heavy atom. The second-order valence-electron chi connectivity index (χ2n) is 8.40. The van der Waals surface area contributed by atoms with Crippen molar-refractivity contribution >= 4 is 34.9 Å². The summed E-state index contributed by atoms with van der Waals surface area (Å²) in [5, 5.41) is 7.59. The van der Waals surface area contributed by atoms with Gasteiger partial charge in [-0.2, -0.15) is 0 Å². The zero-order valence-electron chi connectivity index (χ0n) is 18.3. The molecule has 0 bridgehead atoms. The Balaban J connectivity index is 1.28. The van der Waals surface area contributed by atoms with Crippen LogP contribution in [-0.4, -0.2) is 22.7 Å². The van der Waals surface area contributed by atoms with Crippen molar-refractivity contribution in [3.8, 4) is 11.5 Å². The fraction of sp³-hybridized carbons (Fsp3) is 0.200. The number of halogens is 2. The summed E-state index contributed by atoms with van der Waals surface area (Å²) in [6, 6.07) is 11.5. The largest absolute Gasteiger partial charge is 0.454 e. The predicted molar refractivity (Wildman–Crippen MR) is 123 cm³/mol. The molecule has 8 nitrogen and oxygen atoms in total. The molecule has 3 amide bonds. The van der Waals surface area contributed by atoms with Crippen LogP contribution in [0.3, 0.4) is 0 Å². The molecule has 5 rings (SSSR count). The highest BCUT2D eigenvalue weighted by Crippen LogP contribution is 2.32. The summed E-state index contributed by atoms with van der Waals surface area (Å²) in [5.74, 6) is -4.47. The van der Waals surface area contributed by atoms with Crippen molar-refractivity contribution < 1.29 is 27.9 Å². The first kappa shape index (κ1) is 22.5. The number of amides is 3. The SMILES string of the molecule is O=C(Nc1cc(Oc2cc(F)c(NC(=O)C3Cc4ccccc4NC3=O)cc2F)ccn1)C1CC1. The van der Waals surface area contributed by atoms with E-state index in [0.29, 0.717) is 5.69 Å². The highest BCUT2D eigenvalue weighted by molar-refractivity contribution is 6.12. The number of hydrogen-bond donors (Lipinski definition) is 3. The van der Waals surface area contributed by atoms with Crippen molar-refractivity contribution in [3.63, 3.8) is 0 Å². The molecule has 1 aromatic heterocycles. The minimum atomic E-state index is -1.09. The number of carbonyl (C=O) groups is 3. The minimum absolute atomic E-state index is 0.0231. The second kappa shape index (κ2) is 9.13. The average Bonchev–Trinajstić information content (AvgIpc) is 3.68.